The van der Waals surface area contributed by atoms with Crippen molar-refractivity contribution in [1.29, 1.82) is 0 Å². The van der Waals surface area contributed by atoms with E-state index in [-0.39, 0.29) is 30.5 Å². The van der Waals surface area contributed by atoms with Gasteiger partial charge in [-0.15, -0.1) is 0 Å². The third-order valence-electron chi connectivity index (χ3n) is 4.56. The van der Waals surface area contributed by atoms with Crippen molar-refractivity contribution >= 4 is 11.8 Å². The predicted molar refractivity (Wildman–Crippen MR) is 90.2 cm³/mol. The van der Waals surface area contributed by atoms with E-state index < -0.39 is 0 Å². The maximum absolute atomic E-state index is 12.8. The minimum atomic E-state index is -0.0761. The van der Waals surface area contributed by atoms with Gasteiger partial charge in [0.1, 0.15) is 5.76 Å². The van der Waals surface area contributed by atoms with Gasteiger partial charge in [0.05, 0.1) is 25.5 Å². The van der Waals surface area contributed by atoms with Crippen LogP contribution in [0.3, 0.4) is 0 Å². The summed E-state index contributed by atoms with van der Waals surface area (Å²) in [5, 5.41) is 0. The van der Waals surface area contributed by atoms with E-state index in [4.69, 9.17) is 9.15 Å². The fourth-order valence-corrected chi connectivity index (χ4v) is 2.92. The van der Waals surface area contributed by atoms with Crippen molar-refractivity contribution in [2.75, 3.05) is 19.7 Å². The summed E-state index contributed by atoms with van der Waals surface area (Å²) in [7, 11) is 0. The molecule has 6 nitrogen and oxygen atoms in total. The van der Waals surface area contributed by atoms with Crippen LogP contribution >= 0.6 is 0 Å². The summed E-state index contributed by atoms with van der Waals surface area (Å²) in [5.41, 5.74) is 0. The van der Waals surface area contributed by atoms with Crippen LogP contribution in [0, 0.1) is 0 Å². The molecule has 0 N–H and O–H groups in total. The molecule has 0 aliphatic carbocycles. The zero-order chi connectivity index (χ0) is 17.5. The lowest BCUT2D eigenvalue weighted by Gasteiger charge is -2.31. The first-order valence-electron chi connectivity index (χ1n) is 8.70. The Kier molecular flexibility index (Phi) is 6.85. The van der Waals surface area contributed by atoms with Crippen molar-refractivity contribution < 1.29 is 18.7 Å². The Bertz CT molecular complexity index is 523. The molecule has 1 fully saturated rings. The summed E-state index contributed by atoms with van der Waals surface area (Å²) in [5.74, 6) is 0.587. The molecule has 1 aliphatic rings. The minimum absolute atomic E-state index is 0.0413. The van der Waals surface area contributed by atoms with Gasteiger partial charge in [-0.25, -0.2) is 0 Å². The zero-order valence-corrected chi connectivity index (χ0v) is 14.9. The van der Waals surface area contributed by atoms with Crippen LogP contribution in [0.5, 0.6) is 0 Å². The molecule has 134 valence electrons. The van der Waals surface area contributed by atoms with Crippen LogP contribution in [0.1, 0.15) is 45.8 Å². The molecule has 2 heterocycles. The second kappa shape index (κ2) is 8.87. The highest BCUT2D eigenvalue weighted by Gasteiger charge is 2.26. The molecule has 0 radical (unpaired) electrons. The van der Waals surface area contributed by atoms with Gasteiger partial charge in [0.25, 0.3) is 0 Å². The summed E-state index contributed by atoms with van der Waals surface area (Å²) < 4.78 is 11.1. The molecule has 2 amide bonds. The Labute approximate surface area is 143 Å². The first-order valence-corrected chi connectivity index (χ1v) is 8.70. The average Bonchev–Trinajstić information content (AvgIpc) is 3.24. The zero-order valence-electron chi connectivity index (χ0n) is 14.9. The van der Waals surface area contributed by atoms with E-state index in [1.165, 1.54) is 6.92 Å². The smallest absolute Gasteiger partial charge is 0.242 e. The lowest BCUT2D eigenvalue weighted by atomic mass is 10.2. The molecule has 0 bridgehead atoms. The van der Waals surface area contributed by atoms with E-state index >= 15 is 0 Å². The largest absolute Gasteiger partial charge is 0.467 e. The molecule has 2 unspecified atom stereocenters. The summed E-state index contributed by atoms with van der Waals surface area (Å²) >= 11 is 0. The van der Waals surface area contributed by atoms with E-state index in [1.807, 2.05) is 26.0 Å². The number of amides is 2. The fraction of sp³-hybridized carbons (Fsp3) is 0.667. The number of furan rings is 1. The molecule has 2 rings (SSSR count). The third-order valence-corrected chi connectivity index (χ3v) is 4.56. The van der Waals surface area contributed by atoms with E-state index in [2.05, 4.69) is 0 Å². The first-order chi connectivity index (χ1) is 11.5. The lowest BCUT2D eigenvalue weighted by molar-refractivity contribution is -0.142. The SMILES string of the molecule is CCC(C)N(CC(=O)N(Cc1ccco1)CC1CCCO1)C(C)=O. The van der Waals surface area contributed by atoms with Crippen molar-refractivity contribution in [2.45, 2.75) is 58.7 Å². The number of ether oxygens (including phenoxy) is 1. The molecule has 1 saturated heterocycles. The fourth-order valence-electron chi connectivity index (χ4n) is 2.92. The Hall–Kier alpha value is -1.82. The van der Waals surface area contributed by atoms with E-state index in [1.54, 1.807) is 16.1 Å². The van der Waals surface area contributed by atoms with Gasteiger partial charge < -0.3 is 19.0 Å². The van der Waals surface area contributed by atoms with Crippen LogP contribution in [0.2, 0.25) is 0 Å². The van der Waals surface area contributed by atoms with Gasteiger partial charge >= 0.3 is 0 Å². The van der Waals surface area contributed by atoms with Crippen LogP contribution in [0.4, 0.5) is 0 Å². The van der Waals surface area contributed by atoms with E-state index in [0.29, 0.717) is 13.1 Å². The van der Waals surface area contributed by atoms with Crippen molar-refractivity contribution in [3.05, 3.63) is 24.2 Å². The second-order valence-electron chi connectivity index (χ2n) is 6.39. The van der Waals surface area contributed by atoms with Crippen molar-refractivity contribution in [3.63, 3.8) is 0 Å². The van der Waals surface area contributed by atoms with Crippen molar-refractivity contribution in [1.82, 2.24) is 9.80 Å². The number of hydrogen-bond donors (Lipinski definition) is 0. The van der Waals surface area contributed by atoms with Gasteiger partial charge in [-0.05, 0) is 38.3 Å². The van der Waals surface area contributed by atoms with Crippen LogP contribution in [-0.4, -0.2) is 53.5 Å². The molecule has 2 atom stereocenters. The van der Waals surface area contributed by atoms with Gasteiger partial charge in [-0.3, -0.25) is 9.59 Å². The number of rotatable bonds is 8. The molecule has 0 aromatic carbocycles. The van der Waals surface area contributed by atoms with Gasteiger partial charge in [-0.2, -0.15) is 0 Å². The van der Waals surface area contributed by atoms with Gasteiger partial charge in [0.2, 0.25) is 11.8 Å². The molecule has 0 saturated carbocycles. The maximum Gasteiger partial charge on any atom is 0.242 e. The monoisotopic (exact) mass is 336 g/mol. The summed E-state index contributed by atoms with van der Waals surface area (Å²) in [6.07, 6.45) is 4.48. The average molecular weight is 336 g/mol. The van der Waals surface area contributed by atoms with Crippen LogP contribution in [0.25, 0.3) is 0 Å². The quantitative estimate of drug-likeness (QED) is 0.731. The Morgan fingerprint density at radius 3 is 2.75 bits per heavy atom. The van der Waals surface area contributed by atoms with Crippen LogP contribution in [0.15, 0.2) is 22.8 Å². The summed E-state index contributed by atoms with van der Waals surface area (Å²) in [4.78, 5) is 28.1. The maximum atomic E-state index is 12.8. The second-order valence-corrected chi connectivity index (χ2v) is 6.39. The van der Waals surface area contributed by atoms with Gasteiger partial charge in [0, 0.05) is 26.1 Å². The van der Waals surface area contributed by atoms with E-state index in [0.717, 1.165) is 31.6 Å². The van der Waals surface area contributed by atoms with Crippen molar-refractivity contribution in [3.8, 4) is 0 Å². The van der Waals surface area contributed by atoms with Crippen molar-refractivity contribution in [2.24, 2.45) is 0 Å². The highest BCUT2D eigenvalue weighted by atomic mass is 16.5. The Morgan fingerprint density at radius 2 is 2.21 bits per heavy atom. The lowest BCUT2D eigenvalue weighted by Crippen LogP contribution is -2.47. The highest BCUT2D eigenvalue weighted by molar-refractivity contribution is 5.84. The predicted octanol–water partition coefficient (Wildman–Crippen LogP) is 2.43. The standard InChI is InChI=1S/C18H28N2O4/c1-4-14(2)20(15(3)21)13-18(22)19(11-16-7-5-9-23-16)12-17-8-6-10-24-17/h5,7,9,14,17H,4,6,8,10-13H2,1-3H3. The van der Waals surface area contributed by atoms with E-state index in [9.17, 15) is 9.59 Å². The van der Waals surface area contributed by atoms with Crippen LogP contribution in [-0.2, 0) is 20.9 Å². The summed E-state index contributed by atoms with van der Waals surface area (Å²) in [6, 6.07) is 3.71. The molecule has 1 aliphatic heterocycles. The minimum Gasteiger partial charge on any atom is -0.467 e. The molecular formula is C18H28N2O4. The molecule has 24 heavy (non-hydrogen) atoms. The molecule has 0 spiro atoms. The van der Waals surface area contributed by atoms with Gasteiger partial charge in [-0.1, -0.05) is 6.92 Å². The molecule has 1 aromatic rings. The Balaban J connectivity index is 2.05. The highest BCUT2D eigenvalue weighted by Crippen LogP contribution is 2.16. The topological polar surface area (TPSA) is 63.0 Å². The Morgan fingerprint density at radius 1 is 1.42 bits per heavy atom. The van der Waals surface area contributed by atoms with Gasteiger partial charge in [0.15, 0.2) is 0 Å². The van der Waals surface area contributed by atoms with Crippen LogP contribution < -0.4 is 0 Å². The first kappa shape index (κ1) is 18.5. The normalized spacial score (nSPS) is 18.4. The number of carbonyl (C=O) groups is 2. The number of hydrogen-bond acceptors (Lipinski definition) is 4. The number of carbonyl (C=O) groups excluding carboxylic acids is 2. The third kappa shape index (κ3) is 5.09. The molecule has 6 heteroatoms. The molecule has 1 aromatic heterocycles. The molecular weight excluding hydrogens is 308 g/mol. The number of nitrogens with zero attached hydrogens (tertiary/aromatic N) is 2. The summed E-state index contributed by atoms with van der Waals surface area (Å²) in [6.45, 7) is 7.27.